The maximum absolute atomic E-state index is 13.3. The Morgan fingerprint density at radius 2 is 1.40 bits per heavy atom. The fourth-order valence-corrected chi connectivity index (χ4v) is 4.48. The standard InChI is InChI=1S/C24H26N2O3S/c1-20-13-15-23(16-14-20)30(28,29)26(18-17-21-9-5-3-6-10-21)19-24(27)25(2)22-11-7-4-8-12-22/h3-16H,17-19H2,1-2H3. The van der Waals surface area contributed by atoms with Crippen LogP contribution in [-0.2, 0) is 21.2 Å². The molecule has 6 heteroatoms. The molecule has 0 unspecified atom stereocenters. The van der Waals surface area contributed by atoms with Crippen LogP contribution in [0.1, 0.15) is 11.1 Å². The van der Waals surface area contributed by atoms with E-state index in [1.54, 1.807) is 31.3 Å². The lowest BCUT2D eigenvalue weighted by molar-refractivity contribution is -0.118. The molecule has 0 heterocycles. The number of benzene rings is 3. The Kier molecular flexibility index (Phi) is 7.03. The van der Waals surface area contributed by atoms with E-state index in [0.29, 0.717) is 6.42 Å². The zero-order chi connectivity index (χ0) is 21.6. The van der Waals surface area contributed by atoms with Gasteiger partial charge in [0, 0.05) is 19.3 Å². The van der Waals surface area contributed by atoms with Gasteiger partial charge < -0.3 is 4.90 Å². The average Bonchev–Trinajstić information content (AvgIpc) is 2.77. The Labute approximate surface area is 178 Å². The van der Waals surface area contributed by atoms with E-state index in [4.69, 9.17) is 0 Å². The van der Waals surface area contributed by atoms with Crippen LogP contribution in [0.4, 0.5) is 5.69 Å². The third kappa shape index (κ3) is 5.34. The van der Waals surface area contributed by atoms with Gasteiger partial charge in [0.15, 0.2) is 0 Å². The molecule has 0 saturated heterocycles. The maximum Gasteiger partial charge on any atom is 0.243 e. The van der Waals surface area contributed by atoms with E-state index in [0.717, 1.165) is 16.8 Å². The van der Waals surface area contributed by atoms with E-state index in [1.165, 1.54) is 9.21 Å². The van der Waals surface area contributed by atoms with Crippen molar-refractivity contribution in [2.45, 2.75) is 18.2 Å². The average molecular weight is 423 g/mol. The number of aryl methyl sites for hydroxylation is 1. The summed E-state index contributed by atoms with van der Waals surface area (Å²) in [4.78, 5) is 14.6. The van der Waals surface area contributed by atoms with Crippen LogP contribution in [0.3, 0.4) is 0 Å². The van der Waals surface area contributed by atoms with Gasteiger partial charge in [0.1, 0.15) is 0 Å². The molecule has 0 saturated carbocycles. The normalized spacial score (nSPS) is 11.4. The van der Waals surface area contributed by atoms with Gasteiger partial charge in [0.25, 0.3) is 0 Å². The van der Waals surface area contributed by atoms with Crippen molar-refractivity contribution in [1.82, 2.24) is 4.31 Å². The van der Waals surface area contributed by atoms with Gasteiger partial charge in [-0.2, -0.15) is 4.31 Å². The Bertz CT molecular complexity index is 1070. The van der Waals surface area contributed by atoms with Crippen LogP contribution in [0.25, 0.3) is 0 Å². The molecule has 3 aromatic rings. The molecule has 3 rings (SSSR count). The quantitative estimate of drug-likeness (QED) is 0.553. The summed E-state index contributed by atoms with van der Waals surface area (Å²) in [6, 6.07) is 25.6. The molecule has 0 radical (unpaired) electrons. The van der Waals surface area contributed by atoms with Crippen LogP contribution in [-0.4, -0.2) is 38.8 Å². The van der Waals surface area contributed by atoms with Crippen LogP contribution < -0.4 is 4.90 Å². The van der Waals surface area contributed by atoms with E-state index >= 15 is 0 Å². The number of para-hydroxylation sites is 1. The second-order valence-electron chi connectivity index (χ2n) is 7.18. The lowest BCUT2D eigenvalue weighted by Crippen LogP contribution is -2.42. The SMILES string of the molecule is Cc1ccc(S(=O)(=O)N(CCc2ccccc2)CC(=O)N(C)c2ccccc2)cc1. The van der Waals surface area contributed by atoms with Gasteiger partial charge in [0.2, 0.25) is 15.9 Å². The summed E-state index contributed by atoms with van der Waals surface area (Å²) in [5.74, 6) is -0.287. The van der Waals surface area contributed by atoms with Gasteiger partial charge >= 0.3 is 0 Å². The van der Waals surface area contributed by atoms with Crippen molar-refractivity contribution >= 4 is 21.6 Å². The molecule has 156 valence electrons. The van der Waals surface area contributed by atoms with Crippen LogP contribution in [0.2, 0.25) is 0 Å². The number of carbonyl (C=O) groups is 1. The first-order valence-corrected chi connectivity index (χ1v) is 11.2. The van der Waals surface area contributed by atoms with Crippen LogP contribution in [0.15, 0.2) is 89.8 Å². The molecule has 0 aromatic heterocycles. The molecule has 3 aromatic carbocycles. The Hall–Kier alpha value is -2.96. The number of hydrogen-bond donors (Lipinski definition) is 0. The van der Waals surface area contributed by atoms with E-state index < -0.39 is 10.0 Å². The second kappa shape index (κ2) is 9.69. The molecule has 0 aliphatic carbocycles. The monoisotopic (exact) mass is 422 g/mol. The summed E-state index contributed by atoms with van der Waals surface area (Å²) in [5.41, 5.74) is 2.72. The van der Waals surface area contributed by atoms with Crippen molar-refractivity contribution in [1.29, 1.82) is 0 Å². The van der Waals surface area contributed by atoms with Crippen molar-refractivity contribution < 1.29 is 13.2 Å². The molecule has 0 aliphatic heterocycles. The zero-order valence-electron chi connectivity index (χ0n) is 17.2. The second-order valence-corrected chi connectivity index (χ2v) is 9.11. The minimum atomic E-state index is -3.81. The number of sulfonamides is 1. The van der Waals surface area contributed by atoms with Gasteiger partial charge in [-0.05, 0) is 43.2 Å². The van der Waals surface area contributed by atoms with Gasteiger partial charge in [-0.15, -0.1) is 0 Å². The highest BCUT2D eigenvalue weighted by molar-refractivity contribution is 7.89. The number of carbonyl (C=O) groups excluding carboxylic acids is 1. The molecular weight excluding hydrogens is 396 g/mol. The van der Waals surface area contributed by atoms with Crippen LogP contribution >= 0.6 is 0 Å². The van der Waals surface area contributed by atoms with Gasteiger partial charge in [-0.3, -0.25) is 4.79 Å². The molecule has 5 nitrogen and oxygen atoms in total. The van der Waals surface area contributed by atoms with E-state index in [1.807, 2.05) is 67.6 Å². The summed E-state index contributed by atoms with van der Waals surface area (Å²) in [5, 5.41) is 0. The number of hydrogen-bond acceptors (Lipinski definition) is 3. The zero-order valence-corrected chi connectivity index (χ0v) is 18.0. The van der Waals surface area contributed by atoms with Crippen LogP contribution in [0.5, 0.6) is 0 Å². The highest BCUT2D eigenvalue weighted by atomic mass is 32.2. The third-order valence-electron chi connectivity index (χ3n) is 4.98. The lowest BCUT2D eigenvalue weighted by atomic mass is 10.1. The molecule has 0 bridgehead atoms. The van der Waals surface area contributed by atoms with Gasteiger partial charge in [-0.1, -0.05) is 66.2 Å². The Morgan fingerprint density at radius 1 is 0.833 bits per heavy atom. The number of anilines is 1. The fourth-order valence-electron chi connectivity index (χ4n) is 3.09. The largest absolute Gasteiger partial charge is 0.314 e. The maximum atomic E-state index is 13.3. The van der Waals surface area contributed by atoms with Gasteiger partial charge in [-0.25, -0.2) is 8.42 Å². The smallest absolute Gasteiger partial charge is 0.243 e. The molecule has 0 aliphatic rings. The minimum Gasteiger partial charge on any atom is -0.314 e. The Balaban J connectivity index is 1.84. The van der Waals surface area contributed by atoms with E-state index in [-0.39, 0.29) is 23.9 Å². The summed E-state index contributed by atoms with van der Waals surface area (Å²) in [6.45, 7) is 1.89. The van der Waals surface area contributed by atoms with E-state index in [2.05, 4.69) is 0 Å². The van der Waals surface area contributed by atoms with Crippen molar-refractivity contribution in [3.63, 3.8) is 0 Å². The minimum absolute atomic E-state index is 0.191. The number of rotatable bonds is 8. The number of likely N-dealkylation sites (N-methyl/N-ethyl adjacent to an activating group) is 1. The van der Waals surface area contributed by atoms with E-state index in [9.17, 15) is 13.2 Å². The number of nitrogens with zero attached hydrogens (tertiary/aromatic N) is 2. The number of amides is 1. The van der Waals surface area contributed by atoms with Crippen molar-refractivity contribution in [3.05, 3.63) is 96.1 Å². The third-order valence-corrected chi connectivity index (χ3v) is 6.84. The van der Waals surface area contributed by atoms with Gasteiger partial charge in [0.05, 0.1) is 11.4 Å². The highest BCUT2D eigenvalue weighted by Gasteiger charge is 2.27. The summed E-state index contributed by atoms with van der Waals surface area (Å²) in [7, 11) is -2.15. The van der Waals surface area contributed by atoms with Crippen molar-refractivity contribution in [2.24, 2.45) is 0 Å². The first kappa shape index (κ1) is 21.7. The molecule has 0 fully saturated rings. The molecule has 30 heavy (non-hydrogen) atoms. The highest BCUT2D eigenvalue weighted by Crippen LogP contribution is 2.19. The first-order chi connectivity index (χ1) is 14.4. The lowest BCUT2D eigenvalue weighted by Gasteiger charge is -2.25. The first-order valence-electron chi connectivity index (χ1n) is 9.80. The molecule has 0 spiro atoms. The summed E-state index contributed by atoms with van der Waals surface area (Å²) < 4.78 is 27.9. The molecule has 0 N–H and O–H groups in total. The molecule has 1 amide bonds. The molecular formula is C24H26N2O3S. The van der Waals surface area contributed by atoms with Crippen molar-refractivity contribution in [3.8, 4) is 0 Å². The predicted molar refractivity (Wildman–Crippen MR) is 120 cm³/mol. The fraction of sp³-hybridized carbons (Fsp3) is 0.208. The summed E-state index contributed by atoms with van der Waals surface area (Å²) in [6.07, 6.45) is 0.522. The summed E-state index contributed by atoms with van der Waals surface area (Å²) >= 11 is 0. The van der Waals surface area contributed by atoms with Crippen LogP contribution in [0, 0.1) is 6.92 Å². The molecule has 0 atom stereocenters. The predicted octanol–water partition coefficient (Wildman–Crippen LogP) is 3.89. The Morgan fingerprint density at radius 3 is 2.00 bits per heavy atom. The topological polar surface area (TPSA) is 57.7 Å². The van der Waals surface area contributed by atoms with Crippen molar-refractivity contribution in [2.75, 3.05) is 25.0 Å².